The molecular weight excluding hydrogens is 550 g/mol. The Hall–Kier alpha value is -4.06. The van der Waals surface area contributed by atoms with Gasteiger partial charge in [-0.3, -0.25) is 9.69 Å². The van der Waals surface area contributed by atoms with Crippen LogP contribution >= 0.6 is 27.7 Å². The Kier molecular flexibility index (Phi) is 7.54. The van der Waals surface area contributed by atoms with Crippen molar-refractivity contribution >= 4 is 50.5 Å². The topological polar surface area (TPSA) is 78.8 Å². The van der Waals surface area contributed by atoms with E-state index in [9.17, 15) is 10.1 Å². The van der Waals surface area contributed by atoms with Crippen LogP contribution in [0.25, 0.3) is 6.08 Å². The van der Waals surface area contributed by atoms with E-state index < -0.39 is 0 Å². The number of hydrogen-bond donors (Lipinski definition) is 0. The predicted octanol–water partition coefficient (Wildman–Crippen LogP) is 7.30. The summed E-state index contributed by atoms with van der Waals surface area (Å²) < 4.78 is 12.2. The van der Waals surface area contributed by atoms with Crippen LogP contribution in [0.5, 0.6) is 5.75 Å². The van der Waals surface area contributed by atoms with E-state index in [0.717, 1.165) is 21.3 Å². The van der Waals surface area contributed by atoms with E-state index in [2.05, 4.69) is 22.0 Å². The molecule has 1 aliphatic rings. The molecule has 1 fully saturated rings. The molecule has 1 saturated heterocycles. The highest BCUT2D eigenvalue weighted by Gasteiger charge is 2.34. The fraction of sp³-hybridized carbons (Fsp3) is 0.0690. The van der Waals surface area contributed by atoms with Crippen molar-refractivity contribution in [3.05, 3.63) is 123 Å². The molecule has 3 aromatic carbocycles. The number of benzene rings is 3. The van der Waals surface area contributed by atoms with Gasteiger partial charge in [0, 0.05) is 5.56 Å². The monoisotopic (exact) mass is 569 g/mol. The maximum Gasteiger partial charge on any atom is 0.267 e. The van der Waals surface area contributed by atoms with E-state index in [0.29, 0.717) is 33.7 Å². The highest BCUT2D eigenvalue weighted by Crippen LogP contribution is 2.36. The lowest BCUT2D eigenvalue weighted by atomic mass is 10.1. The number of para-hydroxylation sites is 1. The number of nitriles is 1. The van der Waals surface area contributed by atoms with Gasteiger partial charge in [-0.05, 0) is 81.8 Å². The molecule has 0 spiro atoms. The summed E-state index contributed by atoms with van der Waals surface area (Å²) in [6.45, 7) is 0.570. The molecule has 0 N–H and O–H groups in total. The smallest absolute Gasteiger partial charge is 0.267 e. The Morgan fingerprint density at radius 1 is 1.05 bits per heavy atom. The van der Waals surface area contributed by atoms with Crippen LogP contribution in [0.4, 0.5) is 5.69 Å². The van der Waals surface area contributed by atoms with E-state index in [1.165, 1.54) is 11.8 Å². The third-order valence-corrected chi connectivity index (χ3v) is 7.16. The van der Waals surface area contributed by atoms with E-state index in [4.69, 9.17) is 14.1 Å². The third-order valence-electron chi connectivity index (χ3n) is 5.54. The molecule has 0 radical (unpaired) electrons. The summed E-state index contributed by atoms with van der Waals surface area (Å²) in [5.41, 5.74) is 3.01. The number of furan rings is 1. The Morgan fingerprint density at radius 3 is 2.62 bits per heavy atom. The minimum atomic E-state index is -0.138. The molecule has 0 saturated carbocycles. The normalized spacial score (nSPS) is 15.4. The van der Waals surface area contributed by atoms with E-state index in [1.54, 1.807) is 23.3 Å². The number of amidine groups is 1. The van der Waals surface area contributed by atoms with Gasteiger partial charge in [0.2, 0.25) is 0 Å². The minimum absolute atomic E-state index is 0.138. The molecule has 5 rings (SSSR count). The van der Waals surface area contributed by atoms with Crippen molar-refractivity contribution in [2.75, 3.05) is 0 Å². The molecule has 6 nitrogen and oxygen atoms in total. The lowest BCUT2D eigenvalue weighted by Crippen LogP contribution is -2.28. The predicted molar refractivity (Wildman–Crippen MR) is 148 cm³/mol. The Bertz CT molecular complexity index is 1530. The van der Waals surface area contributed by atoms with Crippen LogP contribution in [0.15, 0.2) is 110 Å². The number of carbonyl (C=O) groups is 1. The highest BCUT2D eigenvalue weighted by molar-refractivity contribution is 9.10. The van der Waals surface area contributed by atoms with Crippen LogP contribution in [0, 0.1) is 11.3 Å². The van der Waals surface area contributed by atoms with Gasteiger partial charge in [0.25, 0.3) is 5.91 Å². The second kappa shape index (κ2) is 11.3. The van der Waals surface area contributed by atoms with Crippen molar-refractivity contribution in [2.24, 2.45) is 4.99 Å². The fourth-order valence-corrected chi connectivity index (χ4v) is 5.20. The van der Waals surface area contributed by atoms with Gasteiger partial charge in [-0.15, -0.1) is 0 Å². The molecule has 4 aromatic rings. The summed E-state index contributed by atoms with van der Waals surface area (Å²) in [5.74, 6) is 1.19. The first kappa shape index (κ1) is 24.6. The number of hydrogen-bond acceptors (Lipinski definition) is 6. The molecule has 0 bridgehead atoms. The lowest BCUT2D eigenvalue weighted by Gasteiger charge is -2.13. The summed E-state index contributed by atoms with van der Waals surface area (Å²) in [6.07, 6.45) is 3.43. The molecular formula is C29H20BrN3O3S. The molecule has 0 atom stereocenters. The molecule has 0 unspecified atom stereocenters. The van der Waals surface area contributed by atoms with Crippen molar-refractivity contribution < 1.29 is 13.9 Å². The average Bonchev–Trinajstić information content (AvgIpc) is 3.53. The number of amides is 1. The summed E-state index contributed by atoms with van der Waals surface area (Å²) in [7, 11) is 0. The van der Waals surface area contributed by atoms with Gasteiger partial charge in [-0.2, -0.15) is 5.26 Å². The first-order chi connectivity index (χ1) is 18.1. The van der Waals surface area contributed by atoms with Gasteiger partial charge >= 0.3 is 0 Å². The Balaban J connectivity index is 1.37. The number of carbonyl (C=O) groups excluding carboxylic acids is 1. The van der Waals surface area contributed by atoms with Crippen LogP contribution in [0.1, 0.15) is 22.5 Å². The second-order valence-corrected chi connectivity index (χ2v) is 9.92. The first-order valence-electron chi connectivity index (χ1n) is 11.4. The van der Waals surface area contributed by atoms with Crippen LogP contribution in [0.2, 0.25) is 0 Å². The van der Waals surface area contributed by atoms with Gasteiger partial charge in [-0.1, -0.05) is 42.5 Å². The Morgan fingerprint density at radius 2 is 1.86 bits per heavy atom. The number of nitrogens with zero attached hydrogens (tertiary/aromatic N) is 3. The molecule has 37 heavy (non-hydrogen) atoms. The number of ether oxygens (including phenoxy) is 1. The van der Waals surface area contributed by atoms with E-state index in [1.807, 2.05) is 78.9 Å². The standard InChI is InChI=1S/C29H20BrN3O3S/c30-25-15-20(12-13-26(25)36-19-22-8-5-4-7-21(22)17-31)16-27-28(34)33(18-24-11-6-14-35-24)29(37-27)32-23-9-2-1-3-10-23/h1-16H,18-19H2/b27-16-,32-29?. The minimum Gasteiger partial charge on any atom is -0.488 e. The second-order valence-electron chi connectivity index (χ2n) is 8.06. The third kappa shape index (κ3) is 5.85. The maximum absolute atomic E-state index is 13.4. The Labute approximate surface area is 227 Å². The van der Waals surface area contributed by atoms with Crippen molar-refractivity contribution in [1.82, 2.24) is 4.90 Å². The van der Waals surface area contributed by atoms with Gasteiger partial charge in [-0.25, -0.2) is 4.99 Å². The van der Waals surface area contributed by atoms with Crippen LogP contribution in [-0.2, 0) is 17.9 Å². The van der Waals surface area contributed by atoms with Crippen LogP contribution < -0.4 is 4.74 Å². The molecule has 182 valence electrons. The highest BCUT2D eigenvalue weighted by atomic mass is 79.9. The summed E-state index contributed by atoms with van der Waals surface area (Å²) in [5, 5.41) is 9.88. The zero-order chi connectivity index (χ0) is 25.6. The lowest BCUT2D eigenvalue weighted by molar-refractivity contribution is -0.122. The summed E-state index contributed by atoms with van der Waals surface area (Å²) in [6, 6.07) is 28.3. The molecule has 0 aliphatic carbocycles. The molecule has 8 heteroatoms. The molecule has 2 heterocycles. The number of rotatable bonds is 7. The largest absolute Gasteiger partial charge is 0.488 e. The van der Waals surface area contributed by atoms with E-state index in [-0.39, 0.29) is 12.5 Å². The average molecular weight is 570 g/mol. The van der Waals surface area contributed by atoms with Gasteiger partial charge in [0.1, 0.15) is 18.1 Å². The SMILES string of the molecule is N#Cc1ccccc1COc1ccc(/C=C2\SC(=Nc3ccccc3)N(Cc3ccco3)C2=O)cc1Br. The van der Waals surface area contributed by atoms with E-state index >= 15 is 0 Å². The van der Waals surface area contributed by atoms with Crippen molar-refractivity contribution in [2.45, 2.75) is 13.2 Å². The number of halogens is 1. The van der Waals surface area contributed by atoms with Gasteiger partial charge in [0.05, 0.1) is 39.5 Å². The zero-order valence-corrected chi connectivity index (χ0v) is 21.9. The maximum atomic E-state index is 13.4. The first-order valence-corrected chi connectivity index (χ1v) is 13.0. The number of thioether (sulfide) groups is 1. The molecule has 1 amide bonds. The van der Waals surface area contributed by atoms with Gasteiger partial charge in [0.15, 0.2) is 5.17 Å². The summed E-state index contributed by atoms with van der Waals surface area (Å²) in [4.78, 5) is 20.3. The van der Waals surface area contributed by atoms with Crippen molar-refractivity contribution in [3.63, 3.8) is 0 Å². The van der Waals surface area contributed by atoms with Crippen molar-refractivity contribution in [1.29, 1.82) is 5.26 Å². The molecule has 1 aromatic heterocycles. The fourth-order valence-electron chi connectivity index (χ4n) is 3.69. The van der Waals surface area contributed by atoms with Gasteiger partial charge < -0.3 is 9.15 Å². The number of aliphatic imine (C=N–C) groups is 1. The van der Waals surface area contributed by atoms with Crippen LogP contribution in [0.3, 0.4) is 0 Å². The molecule has 1 aliphatic heterocycles. The zero-order valence-electron chi connectivity index (χ0n) is 19.5. The van der Waals surface area contributed by atoms with Crippen LogP contribution in [-0.4, -0.2) is 16.0 Å². The van der Waals surface area contributed by atoms with Crippen molar-refractivity contribution in [3.8, 4) is 11.8 Å². The summed E-state index contributed by atoms with van der Waals surface area (Å²) >= 11 is 4.90. The quantitative estimate of drug-likeness (QED) is 0.218.